The van der Waals surface area contributed by atoms with Gasteiger partial charge >= 0.3 is 0 Å². The van der Waals surface area contributed by atoms with Crippen molar-refractivity contribution in [2.45, 2.75) is 77.8 Å². The van der Waals surface area contributed by atoms with Crippen molar-refractivity contribution >= 4 is 0 Å². The van der Waals surface area contributed by atoms with Crippen molar-refractivity contribution < 1.29 is 0 Å². The highest BCUT2D eigenvalue weighted by molar-refractivity contribution is 4.98. The zero-order chi connectivity index (χ0) is 14.3. The van der Waals surface area contributed by atoms with Crippen molar-refractivity contribution in [1.82, 2.24) is 4.90 Å². The highest BCUT2D eigenvalue weighted by Crippen LogP contribution is 2.44. The van der Waals surface area contributed by atoms with Gasteiger partial charge in [0.25, 0.3) is 0 Å². The van der Waals surface area contributed by atoms with Crippen molar-refractivity contribution in [1.29, 1.82) is 0 Å². The molecule has 0 amide bonds. The second-order valence-corrected chi connectivity index (χ2v) is 8.49. The molecule has 0 aromatic carbocycles. The Morgan fingerprint density at radius 3 is 2.30 bits per heavy atom. The van der Waals surface area contributed by atoms with Crippen molar-refractivity contribution in [3.05, 3.63) is 0 Å². The zero-order valence-corrected chi connectivity index (χ0v) is 13.8. The summed E-state index contributed by atoms with van der Waals surface area (Å²) in [5.41, 5.74) is 7.01. The van der Waals surface area contributed by atoms with Crippen LogP contribution >= 0.6 is 0 Å². The first-order valence-corrected chi connectivity index (χ1v) is 9.01. The van der Waals surface area contributed by atoms with Gasteiger partial charge in [-0.2, -0.15) is 0 Å². The first-order valence-electron chi connectivity index (χ1n) is 9.01. The second-order valence-electron chi connectivity index (χ2n) is 8.49. The first-order chi connectivity index (χ1) is 9.51. The summed E-state index contributed by atoms with van der Waals surface area (Å²) in [5.74, 6) is 2.88. The standard InChI is InChI=1S/C18H34N2/c1-4-18(2,3)15-8-9-16(19)17(10-15)20-11-13-6-5-7-14(13)12-20/h13-17H,4-12,19H2,1-3H3. The van der Waals surface area contributed by atoms with Gasteiger partial charge in [-0.3, -0.25) is 4.90 Å². The molecule has 0 radical (unpaired) electrons. The normalized spacial score (nSPS) is 42.9. The van der Waals surface area contributed by atoms with Gasteiger partial charge in [0, 0.05) is 25.2 Å². The maximum absolute atomic E-state index is 6.51. The summed E-state index contributed by atoms with van der Waals surface area (Å²) in [4.78, 5) is 2.79. The number of rotatable bonds is 3. The van der Waals surface area contributed by atoms with Crippen LogP contribution in [0.25, 0.3) is 0 Å². The number of nitrogens with two attached hydrogens (primary N) is 1. The molecule has 3 rings (SSSR count). The molecule has 2 saturated carbocycles. The average molecular weight is 278 g/mol. The fourth-order valence-electron chi connectivity index (χ4n) is 5.13. The van der Waals surface area contributed by atoms with E-state index < -0.39 is 0 Å². The van der Waals surface area contributed by atoms with Crippen LogP contribution in [0, 0.1) is 23.2 Å². The Balaban J connectivity index is 1.65. The van der Waals surface area contributed by atoms with Crippen LogP contribution < -0.4 is 5.73 Å². The van der Waals surface area contributed by atoms with E-state index in [2.05, 4.69) is 25.7 Å². The molecule has 2 N–H and O–H groups in total. The van der Waals surface area contributed by atoms with E-state index in [1.807, 2.05) is 0 Å². The lowest BCUT2D eigenvalue weighted by Crippen LogP contribution is -2.52. The van der Waals surface area contributed by atoms with Crippen LogP contribution in [0.1, 0.15) is 65.7 Å². The van der Waals surface area contributed by atoms with E-state index in [0.29, 0.717) is 17.5 Å². The van der Waals surface area contributed by atoms with Crippen LogP contribution in [-0.2, 0) is 0 Å². The SMILES string of the molecule is CCC(C)(C)C1CCC(N)C(N2CC3CCCC3C2)C1. The van der Waals surface area contributed by atoms with Gasteiger partial charge in [-0.1, -0.05) is 33.6 Å². The van der Waals surface area contributed by atoms with E-state index in [1.54, 1.807) is 0 Å². The summed E-state index contributed by atoms with van der Waals surface area (Å²) in [6.07, 6.45) is 9.67. The van der Waals surface area contributed by atoms with E-state index in [1.165, 1.54) is 58.0 Å². The van der Waals surface area contributed by atoms with Crippen LogP contribution in [0.3, 0.4) is 0 Å². The summed E-state index contributed by atoms with van der Waals surface area (Å²) in [6.45, 7) is 9.98. The Morgan fingerprint density at radius 1 is 1.05 bits per heavy atom. The molecule has 1 saturated heterocycles. The van der Waals surface area contributed by atoms with Gasteiger partial charge in [0.2, 0.25) is 0 Å². The van der Waals surface area contributed by atoms with Crippen LogP contribution in [0.4, 0.5) is 0 Å². The molecule has 116 valence electrons. The Hall–Kier alpha value is -0.0800. The van der Waals surface area contributed by atoms with E-state index >= 15 is 0 Å². The lowest BCUT2D eigenvalue weighted by atomic mass is 9.67. The molecule has 2 nitrogen and oxygen atoms in total. The fourth-order valence-corrected chi connectivity index (χ4v) is 5.13. The Kier molecular flexibility index (Phi) is 4.16. The molecular formula is C18H34N2. The fraction of sp³-hybridized carbons (Fsp3) is 1.00. The minimum Gasteiger partial charge on any atom is -0.326 e. The third-order valence-corrected chi connectivity index (χ3v) is 7.11. The molecular weight excluding hydrogens is 244 g/mol. The smallest absolute Gasteiger partial charge is 0.0250 e. The maximum Gasteiger partial charge on any atom is 0.0250 e. The number of fused-ring (bicyclic) bond motifs is 1. The van der Waals surface area contributed by atoms with Gasteiger partial charge in [-0.25, -0.2) is 0 Å². The predicted molar refractivity (Wildman–Crippen MR) is 85.6 cm³/mol. The van der Waals surface area contributed by atoms with Gasteiger partial charge < -0.3 is 5.73 Å². The molecule has 3 aliphatic rings. The summed E-state index contributed by atoms with van der Waals surface area (Å²) >= 11 is 0. The lowest BCUT2D eigenvalue weighted by Gasteiger charge is -2.45. The summed E-state index contributed by atoms with van der Waals surface area (Å²) in [6, 6.07) is 1.10. The largest absolute Gasteiger partial charge is 0.326 e. The van der Waals surface area contributed by atoms with Crippen molar-refractivity contribution in [2.75, 3.05) is 13.1 Å². The zero-order valence-electron chi connectivity index (χ0n) is 13.8. The van der Waals surface area contributed by atoms with E-state index in [9.17, 15) is 0 Å². The van der Waals surface area contributed by atoms with E-state index in [4.69, 9.17) is 5.73 Å². The van der Waals surface area contributed by atoms with Crippen LogP contribution in [0.15, 0.2) is 0 Å². The van der Waals surface area contributed by atoms with Gasteiger partial charge in [0.15, 0.2) is 0 Å². The lowest BCUT2D eigenvalue weighted by molar-refractivity contribution is 0.0681. The average Bonchev–Trinajstić information content (AvgIpc) is 2.99. The number of nitrogens with zero attached hydrogens (tertiary/aromatic N) is 1. The molecule has 1 heterocycles. The Labute approximate surface area is 125 Å². The molecule has 5 unspecified atom stereocenters. The summed E-state index contributed by atoms with van der Waals surface area (Å²) < 4.78 is 0. The van der Waals surface area contributed by atoms with Crippen molar-refractivity contribution in [3.8, 4) is 0 Å². The van der Waals surface area contributed by atoms with Crippen LogP contribution in [-0.4, -0.2) is 30.1 Å². The van der Waals surface area contributed by atoms with Crippen molar-refractivity contribution in [3.63, 3.8) is 0 Å². The van der Waals surface area contributed by atoms with Crippen LogP contribution in [0.2, 0.25) is 0 Å². The molecule has 2 heteroatoms. The highest BCUT2D eigenvalue weighted by Gasteiger charge is 2.43. The molecule has 0 aromatic rings. The topological polar surface area (TPSA) is 29.3 Å². The maximum atomic E-state index is 6.51. The highest BCUT2D eigenvalue weighted by atomic mass is 15.2. The van der Waals surface area contributed by atoms with E-state index in [0.717, 1.165) is 17.8 Å². The Morgan fingerprint density at radius 2 is 1.70 bits per heavy atom. The van der Waals surface area contributed by atoms with Gasteiger partial charge in [-0.15, -0.1) is 0 Å². The van der Waals surface area contributed by atoms with E-state index in [-0.39, 0.29) is 0 Å². The van der Waals surface area contributed by atoms with Gasteiger partial charge in [0.1, 0.15) is 0 Å². The molecule has 3 fully saturated rings. The van der Waals surface area contributed by atoms with Crippen LogP contribution in [0.5, 0.6) is 0 Å². The van der Waals surface area contributed by atoms with Gasteiger partial charge in [0.05, 0.1) is 0 Å². The number of hydrogen-bond donors (Lipinski definition) is 1. The molecule has 0 spiro atoms. The summed E-state index contributed by atoms with van der Waals surface area (Å²) in [5, 5.41) is 0. The van der Waals surface area contributed by atoms with Gasteiger partial charge in [-0.05, 0) is 55.3 Å². The Bertz CT molecular complexity index is 326. The first kappa shape index (κ1) is 14.8. The third-order valence-electron chi connectivity index (χ3n) is 7.11. The second kappa shape index (κ2) is 5.61. The monoisotopic (exact) mass is 278 g/mol. The third kappa shape index (κ3) is 2.66. The van der Waals surface area contributed by atoms with Crippen molar-refractivity contribution in [2.24, 2.45) is 28.9 Å². The molecule has 20 heavy (non-hydrogen) atoms. The number of likely N-dealkylation sites (tertiary alicyclic amines) is 1. The molecule has 2 aliphatic carbocycles. The predicted octanol–water partition coefficient (Wildman–Crippen LogP) is 3.65. The molecule has 0 bridgehead atoms. The molecule has 1 aliphatic heterocycles. The minimum absolute atomic E-state index is 0.428. The molecule has 0 aromatic heterocycles. The summed E-state index contributed by atoms with van der Waals surface area (Å²) in [7, 11) is 0. The number of hydrogen-bond acceptors (Lipinski definition) is 2. The molecule has 5 atom stereocenters. The minimum atomic E-state index is 0.428. The quantitative estimate of drug-likeness (QED) is 0.854.